The molecule has 104 valence electrons. The lowest BCUT2D eigenvalue weighted by Crippen LogP contribution is -2.46. The van der Waals surface area contributed by atoms with Crippen LogP contribution >= 0.6 is 0 Å². The Morgan fingerprint density at radius 1 is 1.47 bits per heavy atom. The molecule has 1 aliphatic heterocycles. The van der Waals surface area contributed by atoms with Gasteiger partial charge in [0.05, 0.1) is 6.61 Å². The summed E-state index contributed by atoms with van der Waals surface area (Å²) < 4.78 is 31.9. The first-order valence-electron chi connectivity index (χ1n) is 6.40. The lowest BCUT2D eigenvalue weighted by atomic mass is 10.0. The molecule has 1 fully saturated rings. The number of carbonyl (C=O) groups is 1. The maximum atomic E-state index is 13.5. The van der Waals surface area contributed by atoms with Crippen molar-refractivity contribution in [2.75, 3.05) is 26.2 Å². The molecule has 0 bridgehead atoms. The molecule has 0 N–H and O–H groups in total. The van der Waals surface area contributed by atoms with Gasteiger partial charge in [-0.3, -0.25) is 9.69 Å². The summed E-state index contributed by atoms with van der Waals surface area (Å²) in [5.41, 5.74) is 0.0854. The molecule has 1 aliphatic rings. The summed E-state index contributed by atoms with van der Waals surface area (Å²) in [4.78, 5) is 14.2. The van der Waals surface area contributed by atoms with E-state index in [2.05, 4.69) is 4.90 Å². The number of ketones is 1. The fraction of sp³-hybridized carbons (Fsp3) is 0.500. The summed E-state index contributed by atoms with van der Waals surface area (Å²) in [7, 11) is 0. The zero-order valence-corrected chi connectivity index (χ0v) is 10.9. The highest BCUT2D eigenvalue weighted by Gasteiger charge is 2.26. The van der Waals surface area contributed by atoms with Crippen LogP contribution in [0.1, 0.15) is 12.5 Å². The van der Waals surface area contributed by atoms with Crippen molar-refractivity contribution in [1.29, 1.82) is 0 Å². The summed E-state index contributed by atoms with van der Waals surface area (Å²) in [6.07, 6.45) is -0.678. The molecule has 1 unspecified atom stereocenters. The van der Waals surface area contributed by atoms with E-state index in [1.807, 2.05) is 6.92 Å². The van der Waals surface area contributed by atoms with Crippen LogP contribution in [0.5, 0.6) is 0 Å². The van der Waals surface area contributed by atoms with Gasteiger partial charge in [0.1, 0.15) is 17.7 Å². The van der Waals surface area contributed by atoms with E-state index in [4.69, 9.17) is 4.74 Å². The molecule has 0 aromatic heterocycles. The number of benzene rings is 1. The van der Waals surface area contributed by atoms with E-state index in [1.165, 1.54) is 0 Å². The number of nitrogens with zero attached hydrogens (tertiary/aromatic N) is 1. The van der Waals surface area contributed by atoms with Crippen molar-refractivity contribution in [2.45, 2.75) is 19.4 Å². The van der Waals surface area contributed by atoms with Gasteiger partial charge in [-0.25, -0.2) is 8.78 Å². The number of carbonyl (C=O) groups excluding carboxylic acids is 1. The molecule has 2 rings (SSSR count). The summed E-state index contributed by atoms with van der Waals surface area (Å²) in [5, 5.41) is 0. The van der Waals surface area contributed by atoms with Crippen LogP contribution in [0.15, 0.2) is 18.2 Å². The van der Waals surface area contributed by atoms with Crippen LogP contribution in [-0.2, 0) is 16.0 Å². The third-order valence-electron chi connectivity index (χ3n) is 3.33. The van der Waals surface area contributed by atoms with Crippen LogP contribution in [0.3, 0.4) is 0 Å². The number of Topliss-reactive ketones (excluding diaryl/α,β-unsaturated/α-hetero) is 1. The second-order valence-corrected chi connectivity index (χ2v) is 4.63. The monoisotopic (exact) mass is 269 g/mol. The molecule has 1 saturated heterocycles. The van der Waals surface area contributed by atoms with Gasteiger partial charge in [-0.2, -0.15) is 0 Å². The molecular formula is C14H17F2NO2. The predicted octanol–water partition coefficient (Wildman–Crippen LogP) is 1.80. The molecule has 1 heterocycles. The first-order chi connectivity index (χ1) is 9.10. The topological polar surface area (TPSA) is 29.5 Å². The van der Waals surface area contributed by atoms with Gasteiger partial charge < -0.3 is 4.74 Å². The third-order valence-corrected chi connectivity index (χ3v) is 3.33. The van der Waals surface area contributed by atoms with E-state index < -0.39 is 17.7 Å². The number of ether oxygens (including phenoxy) is 1. The van der Waals surface area contributed by atoms with Gasteiger partial charge in [0, 0.05) is 19.5 Å². The van der Waals surface area contributed by atoms with Gasteiger partial charge in [-0.05, 0) is 30.3 Å². The number of hydrogen-bond acceptors (Lipinski definition) is 3. The van der Waals surface area contributed by atoms with Crippen molar-refractivity contribution in [3.63, 3.8) is 0 Å². The number of rotatable bonds is 4. The zero-order valence-electron chi connectivity index (χ0n) is 10.9. The van der Waals surface area contributed by atoms with Gasteiger partial charge in [-0.1, -0.05) is 6.92 Å². The first kappa shape index (κ1) is 14.1. The van der Waals surface area contributed by atoms with Crippen LogP contribution in [0.2, 0.25) is 0 Å². The Labute approximate surface area is 111 Å². The average molecular weight is 269 g/mol. The smallest absolute Gasteiger partial charge is 0.167 e. The van der Waals surface area contributed by atoms with Crippen LogP contribution in [0.4, 0.5) is 8.78 Å². The van der Waals surface area contributed by atoms with Crippen LogP contribution in [0.25, 0.3) is 0 Å². The quantitative estimate of drug-likeness (QED) is 0.834. The van der Waals surface area contributed by atoms with Crippen LogP contribution in [0, 0.1) is 11.6 Å². The van der Waals surface area contributed by atoms with Gasteiger partial charge in [0.25, 0.3) is 0 Å². The van der Waals surface area contributed by atoms with Crippen LogP contribution in [-0.4, -0.2) is 43.0 Å². The predicted molar refractivity (Wildman–Crippen MR) is 66.9 cm³/mol. The van der Waals surface area contributed by atoms with E-state index in [1.54, 1.807) is 0 Å². The van der Waals surface area contributed by atoms with E-state index in [0.29, 0.717) is 13.2 Å². The molecule has 0 saturated carbocycles. The highest BCUT2D eigenvalue weighted by Crippen LogP contribution is 2.14. The molecule has 1 aromatic carbocycles. The Kier molecular flexibility index (Phi) is 4.61. The van der Waals surface area contributed by atoms with Gasteiger partial charge >= 0.3 is 0 Å². The Hall–Kier alpha value is -1.33. The minimum atomic E-state index is -0.557. The van der Waals surface area contributed by atoms with E-state index in [9.17, 15) is 13.6 Å². The molecule has 5 heteroatoms. The Morgan fingerprint density at radius 3 is 3.00 bits per heavy atom. The number of morpholine rings is 1. The van der Waals surface area contributed by atoms with E-state index in [-0.39, 0.29) is 17.8 Å². The van der Waals surface area contributed by atoms with Crippen molar-refractivity contribution in [3.8, 4) is 0 Å². The standard InChI is InChI=1S/C14H17F2NO2/c1-2-17-5-6-19-14(9-17)13(18)8-10-7-11(15)3-4-12(10)16/h3-4,7,14H,2,5-6,8-9H2,1H3. The highest BCUT2D eigenvalue weighted by molar-refractivity contribution is 5.85. The maximum Gasteiger partial charge on any atom is 0.167 e. The van der Waals surface area contributed by atoms with Crippen molar-refractivity contribution in [3.05, 3.63) is 35.4 Å². The molecular weight excluding hydrogens is 252 g/mol. The largest absolute Gasteiger partial charge is 0.368 e. The average Bonchev–Trinajstić information content (AvgIpc) is 2.43. The molecule has 19 heavy (non-hydrogen) atoms. The maximum absolute atomic E-state index is 13.5. The van der Waals surface area contributed by atoms with Crippen molar-refractivity contribution in [2.24, 2.45) is 0 Å². The highest BCUT2D eigenvalue weighted by atomic mass is 19.1. The molecule has 1 aromatic rings. The lowest BCUT2D eigenvalue weighted by Gasteiger charge is -2.31. The summed E-state index contributed by atoms with van der Waals surface area (Å²) >= 11 is 0. The fourth-order valence-corrected chi connectivity index (χ4v) is 2.16. The minimum Gasteiger partial charge on any atom is -0.368 e. The lowest BCUT2D eigenvalue weighted by molar-refractivity contribution is -0.135. The summed E-state index contributed by atoms with van der Waals surface area (Å²) in [6, 6.07) is 3.14. The zero-order chi connectivity index (χ0) is 13.8. The normalized spacial score (nSPS) is 20.5. The van der Waals surface area contributed by atoms with Crippen molar-refractivity contribution >= 4 is 5.78 Å². The van der Waals surface area contributed by atoms with Crippen molar-refractivity contribution < 1.29 is 18.3 Å². The van der Waals surface area contributed by atoms with Gasteiger partial charge in [-0.15, -0.1) is 0 Å². The Balaban J connectivity index is 2.02. The number of halogens is 2. The first-order valence-corrected chi connectivity index (χ1v) is 6.40. The third kappa shape index (κ3) is 3.58. The molecule has 3 nitrogen and oxygen atoms in total. The summed E-state index contributed by atoms with van der Waals surface area (Å²) in [6.45, 7) is 4.68. The Bertz CT molecular complexity index is 465. The second-order valence-electron chi connectivity index (χ2n) is 4.63. The molecule has 0 aliphatic carbocycles. The Morgan fingerprint density at radius 2 is 2.26 bits per heavy atom. The molecule has 0 spiro atoms. The minimum absolute atomic E-state index is 0.0854. The fourth-order valence-electron chi connectivity index (χ4n) is 2.16. The number of hydrogen-bond donors (Lipinski definition) is 0. The van der Waals surface area contributed by atoms with Gasteiger partial charge in [0.15, 0.2) is 5.78 Å². The second kappa shape index (κ2) is 6.21. The number of likely N-dealkylation sites (N-methyl/N-ethyl adjacent to an activating group) is 1. The van der Waals surface area contributed by atoms with Crippen molar-refractivity contribution in [1.82, 2.24) is 4.90 Å². The molecule has 0 radical (unpaired) electrons. The van der Waals surface area contributed by atoms with Crippen LogP contribution < -0.4 is 0 Å². The summed E-state index contributed by atoms with van der Waals surface area (Å²) in [5.74, 6) is -1.30. The van der Waals surface area contributed by atoms with E-state index >= 15 is 0 Å². The van der Waals surface area contributed by atoms with E-state index in [0.717, 1.165) is 31.3 Å². The molecule has 0 amide bonds. The molecule has 1 atom stereocenters. The SMILES string of the molecule is CCN1CCOC(C(=O)Cc2cc(F)ccc2F)C1. The van der Waals surface area contributed by atoms with Gasteiger partial charge in [0.2, 0.25) is 0 Å².